The molecule has 2 aromatic carbocycles. The number of piperidine rings is 1. The van der Waals surface area contributed by atoms with Gasteiger partial charge in [0.2, 0.25) is 5.91 Å². The molecule has 2 amide bonds. The van der Waals surface area contributed by atoms with Crippen molar-refractivity contribution in [2.75, 3.05) is 31.2 Å². The average Bonchev–Trinajstić information content (AvgIpc) is 2.69. The van der Waals surface area contributed by atoms with Crippen LogP contribution in [0.15, 0.2) is 42.5 Å². The number of nitrogens with one attached hydrogen (secondary N) is 1. The molecule has 1 aliphatic heterocycles. The molecule has 1 fully saturated rings. The van der Waals surface area contributed by atoms with Gasteiger partial charge in [-0.05, 0) is 49.6 Å². The molecule has 0 aliphatic carbocycles. The lowest BCUT2D eigenvalue weighted by Gasteiger charge is -2.32. The molecule has 0 saturated carbocycles. The molecule has 0 radical (unpaired) electrons. The van der Waals surface area contributed by atoms with Crippen molar-refractivity contribution in [3.8, 4) is 5.75 Å². The summed E-state index contributed by atoms with van der Waals surface area (Å²) in [4.78, 5) is 27.2. The number of amides is 2. The van der Waals surface area contributed by atoms with Gasteiger partial charge in [-0.15, -0.1) is 0 Å². The van der Waals surface area contributed by atoms with Crippen molar-refractivity contribution < 1.29 is 14.3 Å². The minimum atomic E-state index is -0.124. The summed E-state index contributed by atoms with van der Waals surface area (Å²) in [5, 5.41) is 2.94. The van der Waals surface area contributed by atoms with Gasteiger partial charge in [0.25, 0.3) is 5.91 Å². The average molecular weight is 367 g/mol. The van der Waals surface area contributed by atoms with Gasteiger partial charge in [0.15, 0.2) is 0 Å². The first-order valence-electron chi connectivity index (χ1n) is 9.09. The number of anilines is 2. The van der Waals surface area contributed by atoms with Crippen LogP contribution in [0.5, 0.6) is 5.75 Å². The SMILES string of the molecule is COc1ccccc1NC(=O)C1CCN(C(=O)c2cc(N)ccc2C)CC1. The third-order valence-electron chi connectivity index (χ3n) is 5.01. The maximum absolute atomic E-state index is 12.8. The number of para-hydroxylation sites is 2. The molecule has 0 aromatic heterocycles. The molecule has 3 N–H and O–H groups in total. The highest BCUT2D eigenvalue weighted by Crippen LogP contribution is 2.26. The molecule has 1 saturated heterocycles. The summed E-state index contributed by atoms with van der Waals surface area (Å²) < 4.78 is 5.27. The number of ether oxygens (including phenoxy) is 1. The Morgan fingerprint density at radius 1 is 1.15 bits per heavy atom. The minimum Gasteiger partial charge on any atom is -0.495 e. The summed E-state index contributed by atoms with van der Waals surface area (Å²) in [7, 11) is 1.58. The number of aryl methyl sites for hydroxylation is 1. The van der Waals surface area contributed by atoms with Crippen LogP contribution in [0.3, 0.4) is 0 Å². The number of hydrogen-bond acceptors (Lipinski definition) is 4. The maximum Gasteiger partial charge on any atom is 0.254 e. The van der Waals surface area contributed by atoms with E-state index < -0.39 is 0 Å². The number of carbonyl (C=O) groups excluding carboxylic acids is 2. The fourth-order valence-corrected chi connectivity index (χ4v) is 3.37. The van der Waals surface area contributed by atoms with E-state index in [-0.39, 0.29) is 17.7 Å². The van der Waals surface area contributed by atoms with Crippen molar-refractivity contribution in [3.05, 3.63) is 53.6 Å². The van der Waals surface area contributed by atoms with Crippen molar-refractivity contribution in [2.45, 2.75) is 19.8 Å². The Kier molecular flexibility index (Phi) is 5.64. The minimum absolute atomic E-state index is 0.0246. The largest absolute Gasteiger partial charge is 0.495 e. The number of nitrogens with two attached hydrogens (primary N) is 1. The van der Waals surface area contributed by atoms with Crippen LogP contribution < -0.4 is 15.8 Å². The molecular formula is C21H25N3O3. The molecule has 3 rings (SSSR count). The second-order valence-electron chi connectivity index (χ2n) is 6.83. The Morgan fingerprint density at radius 3 is 2.56 bits per heavy atom. The second-order valence-corrected chi connectivity index (χ2v) is 6.83. The van der Waals surface area contributed by atoms with E-state index in [4.69, 9.17) is 10.5 Å². The van der Waals surface area contributed by atoms with E-state index in [2.05, 4.69) is 5.32 Å². The van der Waals surface area contributed by atoms with E-state index >= 15 is 0 Å². The Labute approximate surface area is 159 Å². The van der Waals surface area contributed by atoms with Crippen LogP contribution in [-0.4, -0.2) is 36.9 Å². The van der Waals surface area contributed by atoms with Crippen LogP contribution in [-0.2, 0) is 4.79 Å². The predicted molar refractivity (Wildman–Crippen MR) is 106 cm³/mol. The lowest BCUT2D eigenvalue weighted by Crippen LogP contribution is -2.41. The van der Waals surface area contributed by atoms with Gasteiger partial charge in [-0.1, -0.05) is 18.2 Å². The normalized spacial score (nSPS) is 14.7. The van der Waals surface area contributed by atoms with Crippen LogP contribution in [0.25, 0.3) is 0 Å². The number of methoxy groups -OCH3 is 1. The zero-order valence-corrected chi connectivity index (χ0v) is 15.7. The van der Waals surface area contributed by atoms with E-state index in [0.717, 1.165) is 5.56 Å². The van der Waals surface area contributed by atoms with Gasteiger partial charge >= 0.3 is 0 Å². The molecule has 6 nitrogen and oxygen atoms in total. The van der Waals surface area contributed by atoms with Gasteiger partial charge in [0.1, 0.15) is 5.75 Å². The lowest BCUT2D eigenvalue weighted by molar-refractivity contribution is -0.121. The summed E-state index contributed by atoms with van der Waals surface area (Å²) in [5.41, 5.74) is 8.60. The number of nitrogens with zero attached hydrogens (tertiary/aromatic N) is 1. The molecule has 0 unspecified atom stereocenters. The smallest absolute Gasteiger partial charge is 0.254 e. The number of likely N-dealkylation sites (tertiary alicyclic amines) is 1. The number of carbonyl (C=O) groups is 2. The van der Waals surface area contributed by atoms with E-state index in [9.17, 15) is 9.59 Å². The van der Waals surface area contributed by atoms with Gasteiger partial charge in [-0.3, -0.25) is 9.59 Å². The Bertz CT molecular complexity index is 842. The van der Waals surface area contributed by atoms with Crippen LogP contribution in [0, 0.1) is 12.8 Å². The third kappa shape index (κ3) is 4.22. The van der Waals surface area contributed by atoms with Gasteiger partial charge in [-0.2, -0.15) is 0 Å². The van der Waals surface area contributed by atoms with Crippen molar-refractivity contribution in [1.82, 2.24) is 4.90 Å². The van der Waals surface area contributed by atoms with E-state index in [0.29, 0.717) is 48.6 Å². The highest BCUT2D eigenvalue weighted by molar-refractivity contribution is 5.97. The Hall–Kier alpha value is -3.02. The maximum atomic E-state index is 12.8. The topological polar surface area (TPSA) is 84.7 Å². The summed E-state index contributed by atoms with van der Waals surface area (Å²) in [6, 6.07) is 12.7. The Morgan fingerprint density at radius 2 is 1.85 bits per heavy atom. The highest BCUT2D eigenvalue weighted by atomic mass is 16.5. The van der Waals surface area contributed by atoms with E-state index in [1.165, 1.54) is 0 Å². The monoisotopic (exact) mass is 367 g/mol. The molecule has 0 spiro atoms. The first-order chi connectivity index (χ1) is 13.0. The molecule has 27 heavy (non-hydrogen) atoms. The number of hydrogen-bond donors (Lipinski definition) is 2. The zero-order chi connectivity index (χ0) is 19.4. The molecule has 2 aromatic rings. The van der Waals surface area contributed by atoms with Gasteiger partial charge in [-0.25, -0.2) is 0 Å². The van der Waals surface area contributed by atoms with Crippen molar-refractivity contribution in [3.63, 3.8) is 0 Å². The summed E-state index contributed by atoms with van der Waals surface area (Å²) in [6.45, 7) is 3.01. The standard InChI is InChI=1S/C21H25N3O3/c1-14-7-8-16(22)13-17(14)21(26)24-11-9-15(10-12-24)20(25)23-18-5-3-4-6-19(18)27-2/h3-8,13,15H,9-12,22H2,1-2H3,(H,23,25). The van der Waals surface area contributed by atoms with Crippen molar-refractivity contribution in [2.24, 2.45) is 5.92 Å². The quantitative estimate of drug-likeness (QED) is 0.814. The first kappa shape index (κ1) is 18.8. The van der Waals surface area contributed by atoms with Crippen LogP contribution in [0.1, 0.15) is 28.8 Å². The zero-order valence-electron chi connectivity index (χ0n) is 15.7. The Balaban J connectivity index is 1.60. The first-order valence-corrected chi connectivity index (χ1v) is 9.09. The molecular weight excluding hydrogens is 342 g/mol. The van der Waals surface area contributed by atoms with Gasteiger partial charge in [0, 0.05) is 30.3 Å². The van der Waals surface area contributed by atoms with Gasteiger partial charge in [0.05, 0.1) is 12.8 Å². The molecule has 0 atom stereocenters. The van der Waals surface area contributed by atoms with Crippen LogP contribution >= 0.6 is 0 Å². The number of nitrogen functional groups attached to an aromatic ring is 1. The lowest BCUT2D eigenvalue weighted by atomic mass is 9.95. The summed E-state index contributed by atoms with van der Waals surface area (Å²) in [5.74, 6) is 0.451. The number of benzene rings is 2. The third-order valence-corrected chi connectivity index (χ3v) is 5.01. The fourth-order valence-electron chi connectivity index (χ4n) is 3.37. The molecule has 1 aliphatic rings. The van der Waals surface area contributed by atoms with Crippen LogP contribution in [0.2, 0.25) is 0 Å². The fraction of sp³-hybridized carbons (Fsp3) is 0.333. The molecule has 142 valence electrons. The van der Waals surface area contributed by atoms with Gasteiger partial charge < -0.3 is 20.7 Å². The van der Waals surface area contributed by atoms with Crippen LogP contribution in [0.4, 0.5) is 11.4 Å². The van der Waals surface area contributed by atoms with E-state index in [1.54, 1.807) is 24.1 Å². The van der Waals surface area contributed by atoms with E-state index in [1.807, 2.05) is 37.3 Å². The molecule has 0 bridgehead atoms. The van der Waals surface area contributed by atoms with Crippen molar-refractivity contribution in [1.29, 1.82) is 0 Å². The molecule has 6 heteroatoms. The number of rotatable bonds is 4. The summed E-state index contributed by atoms with van der Waals surface area (Å²) in [6.07, 6.45) is 1.27. The summed E-state index contributed by atoms with van der Waals surface area (Å²) >= 11 is 0. The molecule has 1 heterocycles. The van der Waals surface area contributed by atoms with Crippen molar-refractivity contribution >= 4 is 23.2 Å². The predicted octanol–water partition coefficient (Wildman–Crippen LogP) is 3.08. The second kappa shape index (κ2) is 8.12. The highest BCUT2D eigenvalue weighted by Gasteiger charge is 2.28.